The van der Waals surface area contributed by atoms with Gasteiger partial charge in [0.05, 0.1) is 19.5 Å². The van der Waals surface area contributed by atoms with Crippen LogP contribution in [-0.2, 0) is 14.2 Å². The molecule has 1 fully saturated rings. The zero-order valence-electron chi connectivity index (χ0n) is 13.0. The van der Waals surface area contributed by atoms with E-state index < -0.39 is 25.1 Å². The van der Waals surface area contributed by atoms with Crippen molar-refractivity contribution < 1.29 is 24.5 Å². The van der Waals surface area contributed by atoms with Crippen molar-refractivity contribution in [3.05, 3.63) is 0 Å². The molecule has 1 amide bonds. The molecule has 1 aliphatic carbocycles. The Bertz CT molecular complexity index is 446. The van der Waals surface area contributed by atoms with Crippen LogP contribution >= 0.6 is 7.14 Å². The number of carbonyl (C=O) groups is 2. The summed E-state index contributed by atoms with van der Waals surface area (Å²) in [6, 6.07) is -1.06. The fourth-order valence-corrected chi connectivity index (χ4v) is 3.17. The Hall–Kier alpha value is -0.910. The molecule has 0 aromatic rings. The van der Waals surface area contributed by atoms with Gasteiger partial charge in [-0.1, -0.05) is 6.92 Å². The van der Waals surface area contributed by atoms with Crippen molar-refractivity contribution in [3.8, 4) is 0 Å². The summed E-state index contributed by atoms with van der Waals surface area (Å²) >= 11 is 0. The SMILES string of the molecule is CCC(C(=O)O)N(O)C(=O)CN(C1CC1)C(C)P(C)(C)=O. The summed E-state index contributed by atoms with van der Waals surface area (Å²) in [5.74, 6) is -2.18. The van der Waals surface area contributed by atoms with Crippen LogP contribution in [0.15, 0.2) is 0 Å². The van der Waals surface area contributed by atoms with E-state index in [2.05, 4.69) is 0 Å². The first-order valence-corrected chi connectivity index (χ1v) is 9.80. The predicted octanol–water partition coefficient (Wildman–Crippen LogP) is 1.50. The molecule has 2 N–H and O–H groups in total. The first-order chi connectivity index (χ1) is 9.59. The summed E-state index contributed by atoms with van der Waals surface area (Å²) in [7, 11) is -2.41. The van der Waals surface area contributed by atoms with Crippen molar-refractivity contribution in [1.29, 1.82) is 0 Å². The number of hydrogen-bond donors (Lipinski definition) is 2. The molecule has 0 bridgehead atoms. The minimum atomic E-state index is -2.41. The van der Waals surface area contributed by atoms with Crippen LogP contribution in [0.25, 0.3) is 0 Å². The van der Waals surface area contributed by atoms with E-state index in [0.717, 1.165) is 12.8 Å². The summed E-state index contributed by atoms with van der Waals surface area (Å²) in [5, 5.41) is 19.1. The van der Waals surface area contributed by atoms with Crippen LogP contribution in [0.5, 0.6) is 0 Å². The maximum atomic E-state index is 12.2. The minimum absolute atomic E-state index is 0.113. The standard InChI is InChI=1S/C13H25N2O5P/c1-5-11(13(17)18)15(19)12(16)8-14(10-6-7-10)9(2)21(3,4)20/h9-11,19H,5-8H2,1-4H3,(H,17,18). The van der Waals surface area contributed by atoms with Gasteiger partial charge in [0.25, 0.3) is 5.91 Å². The van der Waals surface area contributed by atoms with Gasteiger partial charge in [-0.15, -0.1) is 0 Å². The largest absolute Gasteiger partial charge is 0.480 e. The van der Waals surface area contributed by atoms with Crippen molar-refractivity contribution in [1.82, 2.24) is 9.96 Å². The number of carboxylic acid groups (broad SMARTS) is 1. The molecule has 0 radical (unpaired) electrons. The third kappa shape index (κ3) is 4.80. The number of carboxylic acids is 1. The van der Waals surface area contributed by atoms with Gasteiger partial charge in [-0.2, -0.15) is 0 Å². The van der Waals surface area contributed by atoms with E-state index in [4.69, 9.17) is 5.11 Å². The molecular weight excluding hydrogens is 295 g/mol. The smallest absolute Gasteiger partial charge is 0.329 e. The van der Waals surface area contributed by atoms with Crippen LogP contribution in [0.4, 0.5) is 0 Å². The lowest BCUT2D eigenvalue weighted by Crippen LogP contribution is -2.49. The molecule has 7 nitrogen and oxygen atoms in total. The molecular formula is C13H25N2O5P. The third-order valence-electron chi connectivity index (χ3n) is 3.94. The van der Waals surface area contributed by atoms with E-state index in [1.54, 1.807) is 20.3 Å². The molecule has 21 heavy (non-hydrogen) atoms. The Morgan fingerprint density at radius 2 is 1.86 bits per heavy atom. The van der Waals surface area contributed by atoms with Crippen LogP contribution in [0.3, 0.4) is 0 Å². The van der Waals surface area contributed by atoms with E-state index in [-0.39, 0.29) is 24.8 Å². The molecule has 0 heterocycles. The van der Waals surface area contributed by atoms with Crippen molar-refractivity contribution >= 4 is 19.0 Å². The summed E-state index contributed by atoms with van der Waals surface area (Å²) in [4.78, 5) is 24.9. The highest BCUT2D eigenvalue weighted by Gasteiger charge is 2.39. The second-order valence-electron chi connectivity index (χ2n) is 5.97. The normalized spacial score (nSPS) is 18.4. The number of nitrogens with zero attached hydrogens (tertiary/aromatic N) is 2. The summed E-state index contributed by atoms with van der Waals surface area (Å²) in [6.45, 7) is 6.61. The van der Waals surface area contributed by atoms with E-state index in [1.165, 1.54) is 0 Å². The summed E-state index contributed by atoms with van der Waals surface area (Å²) < 4.78 is 12.2. The quantitative estimate of drug-likeness (QED) is 0.399. The van der Waals surface area contributed by atoms with Crippen LogP contribution in [-0.4, -0.2) is 69.9 Å². The number of hydrogen-bond acceptors (Lipinski definition) is 5. The zero-order valence-corrected chi connectivity index (χ0v) is 13.9. The molecule has 0 aliphatic heterocycles. The van der Waals surface area contributed by atoms with Crippen molar-refractivity contribution in [3.63, 3.8) is 0 Å². The average molecular weight is 320 g/mol. The first kappa shape index (κ1) is 18.1. The number of aliphatic carboxylic acids is 1. The zero-order chi connectivity index (χ0) is 16.4. The van der Waals surface area contributed by atoms with Gasteiger partial charge in [0.15, 0.2) is 6.04 Å². The summed E-state index contributed by atoms with van der Waals surface area (Å²) in [5.41, 5.74) is 0. The molecule has 2 atom stereocenters. The Kier molecular flexibility index (Phi) is 5.96. The second-order valence-corrected chi connectivity index (χ2v) is 9.59. The first-order valence-electron chi connectivity index (χ1n) is 7.13. The number of carbonyl (C=O) groups excluding carboxylic acids is 1. The third-order valence-corrected chi connectivity index (χ3v) is 6.03. The molecule has 122 valence electrons. The molecule has 1 aliphatic rings. The predicted molar refractivity (Wildman–Crippen MR) is 79.0 cm³/mol. The Labute approximate surface area is 125 Å². The Morgan fingerprint density at radius 3 is 2.19 bits per heavy atom. The molecule has 0 spiro atoms. The molecule has 0 aromatic heterocycles. The maximum absolute atomic E-state index is 12.2. The van der Waals surface area contributed by atoms with Gasteiger partial charge in [-0.3, -0.25) is 14.9 Å². The van der Waals surface area contributed by atoms with E-state index in [1.807, 2.05) is 11.8 Å². The highest BCUT2D eigenvalue weighted by atomic mass is 31.2. The Morgan fingerprint density at radius 1 is 1.33 bits per heavy atom. The van der Waals surface area contributed by atoms with Gasteiger partial charge >= 0.3 is 5.97 Å². The molecule has 8 heteroatoms. The molecule has 2 unspecified atom stereocenters. The highest BCUT2D eigenvalue weighted by Crippen LogP contribution is 2.46. The number of hydroxylamine groups is 2. The summed E-state index contributed by atoms with van der Waals surface area (Å²) in [6.07, 6.45) is 1.98. The molecule has 1 rings (SSSR count). The maximum Gasteiger partial charge on any atom is 0.329 e. The number of amides is 1. The van der Waals surface area contributed by atoms with E-state index in [0.29, 0.717) is 5.06 Å². The fraction of sp³-hybridized carbons (Fsp3) is 0.846. The van der Waals surface area contributed by atoms with Crippen molar-refractivity contribution in [2.45, 2.75) is 51.0 Å². The lowest BCUT2D eigenvalue weighted by molar-refractivity contribution is -0.187. The molecule has 0 saturated heterocycles. The van der Waals surface area contributed by atoms with Gasteiger partial charge in [0, 0.05) is 6.04 Å². The van der Waals surface area contributed by atoms with Gasteiger partial charge < -0.3 is 9.67 Å². The van der Waals surface area contributed by atoms with Crippen LogP contribution in [0, 0.1) is 0 Å². The topological polar surface area (TPSA) is 98.2 Å². The van der Waals surface area contributed by atoms with Gasteiger partial charge in [0.1, 0.15) is 0 Å². The molecule has 1 saturated carbocycles. The average Bonchev–Trinajstić information content (AvgIpc) is 3.18. The monoisotopic (exact) mass is 320 g/mol. The Balaban J connectivity index is 2.78. The fourth-order valence-electron chi connectivity index (χ4n) is 2.18. The van der Waals surface area contributed by atoms with Crippen molar-refractivity contribution in [2.75, 3.05) is 19.9 Å². The molecule has 0 aromatic carbocycles. The highest BCUT2D eigenvalue weighted by molar-refractivity contribution is 7.63. The van der Waals surface area contributed by atoms with Crippen LogP contribution in [0.2, 0.25) is 0 Å². The lowest BCUT2D eigenvalue weighted by atomic mass is 10.2. The van der Waals surface area contributed by atoms with E-state index in [9.17, 15) is 19.4 Å². The number of rotatable bonds is 8. The van der Waals surface area contributed by atoms with Crippen LogP contribution < -0.4 is 0 Å². The van der Waals surface area contributed by atoms with Crippen molar-refractivity contribution in [2.24, 2.45) is 0 Å². The van der Waals surface area contributed by atoms with Gasteiger partial charge in [0.2, 0.25) is 0 Å². The second kappa shape index (κ2) is 6.90. The minimum Gasteiger partial charge on any atom is -0.480 e. The lowest BCUT2D eigenvalue weighted by Gasteiger charge is -2.32. The van der Waals surface area contributed by atoms with E-state index >= 15 is 0 Å². The van der Waals surface area contributed by atoms with Gasteiger partial charge in [-0.05, 0) is 39.5 Å². The van der Waals surface area contributed by atoms with Gasteiger partial charge in [-0.25, -0.2) is 9.86 Å². The van der Waals surface area contributed by atoms with Crippen LogP contribution in [0.1, 0.15) is 33.1 Å².